The summed E-state index contributed by atoms with van der Waals surface area (Å²) in [6.45, 7) is 3.04. The molecule has 1 aromatic carbocycles. The zero-order chi connectivity index (χ0) is 19.1. The van der Waals surface area contributed by atoms with E-state index >= 15 is 0 Å². The van der Waals surface area contributed by atoms with Gasteiger partial charge in [0.1, 0.15) is 5.82 Å². The predicted octanol–water partition coefficient (Wildman–Crippen LogP) is 2.16. The molecular weight excluding hydrogens is 369 g/mol. The number of hydrogen-bond acceptors (Lipinski definition) is 5. The van der Waals surface area contributed by atoms with Crippen LogP contribution in [0.15, 0.2) is 35.0 Å². The molecular formula is C19H22FN3O3S. The Balaban J connectivity index is 1.42. The summed E-state index contributed by atoms with van der Waals surface area (Å²) in [6, 6.07) is 6.73. The van der Waals surface area contributed by atoms with Gasteiger partial charge in [0, 0.05) is 43.5 Å². The molecule has 0 bridgehead atoms. The number of anilines is 1. The van der Waals surface area contributed by atoms with Gasteiger partial charge in [-0.3, -0.25) is 9.59 Å². The third-order valence-corrected chi connectivity index (χ3v) is 4.96. The van der Waals surface area contributed by atoms with Crippen molar-refractivity contribution >= 4 is 28.8 Å². The molecule has 27 heavy (non-hydrogen) atoms. The average Bonchev–Trinajstić information content (AvgIpc) is 3.22. The summed E-state index contributed by atoms with van der Waals surface area (Å²) in [5, 5.41) is 9.02. The van der Waals surface area contributed by atoms with Crippen molar-refractivity contribution in [1.29, 1.82) is 0 Å². The molecule has 1 fully saturated rings. The lowest BCUT2D eigenvalue weighted by Crippen LogP contribution is -2.36. The first-order chi connectivity index (χ1) is 13.1. The average molecular weight is 391 g/mol. The fraction of sp³-hybridized carbons (Fsp3) is 0.368. The summed E-state index contributed by atoms with van der Waals surface area (Å²) in [5.41, 5.74) is 1.85. The summed E-state index contributed by atoms with van der Waals surface area (Å²) in [7, 11) is 0. The van der Waals surface area contributed by atoms with Crippen molar-refractivity contribution in [3.63, 3.8) is 0 Å². The van der Waals surface area contributed by atoms with Crippen LogP contribution in [0, 0.1) is 5.82 Å². The van der Waals surface area contributed by atoms with Crippen molar-refractivity contribution in [3.05, 3.63) is 52.0 Å². The van der Waals surface area contributed by atoms with Gasteiger partial charge < -0.3 is 20.3 Å². The molecule has 0 atom stereocenters. The van der Waals surface area contributed by atoms with E-state index in [1.807, 2.05) is 16.3 Å². The maximum atomic E-state index is 14.3. The molecule has 0 radical (unpaired) electrons. The first kappa shape index (κ1) is 19.3. The van der Waals surface area contributed by atoms with E-state index in [2.05, 4.69) is 10.6 Å². The first-order valence-corrected chi connectivity index (χ1v) is 9.76. The summed E-state index contributed by atoms with van der Waals surface area (Å²) in [5.74, 6) is -0.685. The number of amides is 2. The Kier molecular flexibility index (Phi) is 6.78. The van der Waals surface area contributed by atoms with Crippen LogP contribution in [0.2, 0.25) is 0 Å². The molecule has 1 aliphatic heterocycles. The van der Waals surface area contributed by atoms with E-state index in [4.69, 9.17) is 4.74 Å². The van der Waals surface area contributed by atoms with Crippen LogP contribution in [0.25, 0.3) is 0 Å². The molecule has 6 nitrogen and oxygen atoms in total. The standard InChI is InChI=1S/C19H22FN3O3S/c20-16-11-14(1-2-17(16)23-6-8-26-9-7-23)12-22-18(24)3-5-21-19(25)15-4-10-27-13-15/h1-2,4,10-11,13H,3,5-9,12H2,(H,21,25)(H,22,24). The van der Waals surface area contributed by atoms with E-state index in [0.29, 0.717) is 43.1 Å². The third-order valence-electron chi connectivity index (χ3n) is 4.27. The second-order valence-corrected chi connectivity index (χ2v) is 6.96. The predicted molar refractivity (Wildman–Crippen MR) is 103 cm³/mol. The second-order valence-electron chi connectivity index (χ2n) is 6.18. The number of thiophene rings is 1. The van der Waals surface area contributed by atoms with E-state index in [-0.39, 0.29) is 37.1 Å². The Hall–Kier alpha value is -2.45. The smallest absolute Gasteiger partial charge is 0.252 e. The molecule has 0 saturated carbocycles. The minimum atomic E-state index is -0.299. The number of morpholine rings is 1. The monoisotopic (exact) mass is 391 g/mol. The number of ether oxygens (including phenoxy) is 1. The Morgan fingerprint density at radius 3 is 2.70 bits per heavy atom. The molecule has 0 aliphatic carbocycles. The van der Waals surface area contributed by atoms with E-state index in [1.165, 1.54) is 17.4 Å². The highest BCUT2D eigenvalue weighted by atomic mass is 32.1. The summed E-state index contributed by atoms with van der Waals surface area (Å²) >= 11 is 1.44. The summed E-state index contributed by atoms with van der Waals surface area (Å²) in [4.78, 5) is 25.6. The Morgan fingerprint density at radius 1 is 1.19 bits per heavy atom. The van der Waals surface area contributed by atoms with Gasteiger partial charge in [-0.2, -0.15) is 11.3 Å². The highest BCUT2D eigenvalue weighted by molar-refractivity contribution is 7.08. The molecule has 144 valence electrons. The largest absolute Gasteiger partial charge is 0.378 e. The van der Waals surface area contributed by atoms with Gasteiger partial charge in [-0.1, -0.05) is 6.07 Å². The van der Waals surface area contributed by atoms with Gasteiger partial charge in [-0.25, -0.2) is 4.39 Å². The lowest BCUT2D eigenvalue weighted by molar-refractivity contribution is -0.121. The Bertz CT molecular complexity index is 777. The van der Waals surface area contributed by atoms with E-state index in [9.17, 15) is 14.0 Å². The van der Waals surface area contributed by atoms with Gasteiger partial charge in [0.2, 0.25) is 5.91 Å². The number of rotatable bonds is 7. The van der Waals surface area contributed by atoms with Crippen molar-refractivity contribution in [1.82, 2.24) is 10.6 Å². The van der Waals surface area contributed by atoms with Crippen LogP contribution in [-0.4, -0.2) is 44.7 Å². The first-order valence-electron chi connectivity index (χ1n) is 8.81. The number of hydrogen-bond donors (Lipinski definition) is 2. The second kappa shape index (κ2) is 9.48. The van der Waals surface area contributed by atoms with E-state index < -0.39 is 0 Å². The number of benzene rings is 1. The molecule has 0 unspecified atom stereocenters. The van der Waals surface area contributed by atoms with Crippen LogP contribution in [-0.2, 0) is 16.1 Å². The quantitative estimate of drug-likeness (QED) is 0.759. The van der Waals surface area contributed by atoms with Gasteiger partial charge >= 0.3 is 0 Å². The van der Waals surface area contributed by atoms with Crippen molar-refractivity contribution < 1.29 is 18.7 Å². The molecule has 1 saturated heterocycles. The molecule has 8 heteroatoms. The molecule has 1 aromatic heterocycles. The number of carbonyl (C=O) groups excluding carboxylic acids is 2. The van der Waals surface area contributed by atoms with E-state index in [1.54, 1.807) is 17.5 Å². The summed E-state index contributed by atoms with van der Waals surface area (Å²) in [6.07, 6.45) is 0.171. The van der Waals surface area contributed by atoms with Gasteiger partial charge in [0.05, 0.1) is 18.9 Å². The highest BCUT2D eigenvalue weighted by Crippen LogP contribution is 2.21. The maximum Gasteiger partial charge on any atom is 0.252 e. The number of carbonyl (C=O) groups is 2. The van der Waals surface area contributed by atoms with Crippen LogP contribution in [0.4, 0.5) is 10.1 Å². The van der Waals surface area contributed by atoms with Crippen molar-refractivity contribution in [2.24, 2.45) is 0 Å². The fourth-order valence-corrected chi connectivity index (χ4v) is 3.43. The summed E-state index contributed by atoms with van der Waals surface area (Å²) < 4.78 is 19.6. The zero-order valence-electron chi connectivity index (χ0n) is 14.9. The van der Waals surface area contributed by atoms with Gasteiger partial charge in [-0.15, -0.1) is 0 Å². The number of nitrogens with zero attached hydrogens (tertiary/aromatic N) is 1. The third kappa shape index (κ3) is 5.51. The molecule has 3 rings (SSSR count). The molecule has 1 aliphatic rings. The highest BCUT2D eigenvalue weighted by Gasteiger charge is 2.15. The topological polar surface area (TPSA) is 70.7 Å². The van der Waals surface area contributed by atoms with Crippen molar-refractivity contribution in [2.75, 3.05) is 37.7 Å². The normalized spacial score (nSPS) is 14.0. The van der Waals surface area contributed by atoms with Crippen molar-refractivity contribution in [2.45, 2.75) is 13.0 Å². The number of nitrogens with one attached hydrogen (secondary N) is 2. The van der Waals surface area contributed by atoms with E-state index in [0.717, 1.165) is 0 Å². The Labute approximate surface area is 161 Å². The molecule has 0 spiro atoms. The minimum Gasteiger partial charge on any atom is -0.378 e. The molecule has 2 amide bonds. The SMILES string of the molecule is O=C(CCNC(=O)c1ccsc1)NCc1ccc(N2CCOCC2)c(F)c1. The van der Waals surface area contributed by atoms with Crippen LogP contribution in [0.3, 0.4) is 0 Å². The van der Waals surface area contributed by atoms with Gasteiger partial charge in [0.25, 0.3) is 5.91 Å². The van der Waals surface area contributed by atoms with Crippen LogP contribution in [0.5, 0.6) is 0 Å². The molecule has 2 heterocycles. The van der Waals surface area contributed by atoms with Crippen LogP contribution in [0.1, 0.15) is 22.3 Å². The Morgan fingerprint density at radius 2 is 2.00 bits per heavy atom. The van der Waals surface area contributed by atoms with Crippen LogP contribution < -0.4 is 15.5 Å². The maximum absolute atomic E-state index is 14.3. The minimum absolute atomic E-state index is 0.171. The lowest BCUT2D eigenvalue weighted by Gasteiger charge is -2.29. The lowest BCUT2D eigenvalue weighted by atomic mass is 10.1. The number of halogens is 1. The molecule has 2 aromatic rings. The van der Waals surface area contributed by atoms with Crippen molar-refractivity contribution in [3.8, 4) is 0 Å². The van der Waals surface area contributed by atoms with Gasteiger partial charge in [-0.05, 0) is 29.1 Å². The fourth-order valence-electron chi connectivity index (χ4n) is 2.80. The van der Waals surface area contributed by atoms with Crippen LogP contribution >= 0.6 is 11.3 Å². The molecule has 2 N–H and O–H groups in total. The zero-order valence-corrected chi connectivity index (χ0v) is 15.7. The van der Waals surface area contributed by atoms with Gasteiger partial charge in [0.15, 0.2) is 0 Å².